The van der Waals surface area contributed by atoms with Gasteiger partial charge >= 0.3 is 0 Å². The summed E-state index contributed by atoms with van der Waals surface area (Å²) in [6, 6.07) is 7.23. The first-order valence-electron chi connectivity index (χ1n) is 6.95. The minimum atomic E-state index is 0.629. The van der Waals surface area contributed by atoms with E-state index in [-0.39, 0.29) is 0 Å². The molecule has 1 aromatic rings. The smallest absolute Gasteiger partial charge is 0.0728 e. The number of nitrogens with one attached hydrogen (secondary N) is 1. The van der Waals surface area contributed by atoms with Gasteiger partial charge in [-0.05, 0) is 37.0 Å². The van der Waals surface area contributed by atoms with Crippen molar-refractivity contribution in [3.8, 4) is 0 Å². The molecule has 0 spiro atoms. The van der Waals surface area contributed by atoms with Crippen LogP contribution in [0.3, 0.4) is 0 Å². The quantitative estimate of drug-likeness (QED) is 0.706. The molecule has 1 aliphatic carbocycles. The Hall–Kier alpha value is -0.420. The van der Waals surface area contributed by atoms with Gasteiger partial charge in [-0.2, -0.15) is 0 Å². The molecular formula is C15H22BrNO2. The maximum absolute atomic E-state index is 5.58. The predicted octanol–water partition coefficient (Wildman–Crippen LogP) is 3.25. The molecule has 0 amide bonds. The Bertz CT molecular complexity index is 394. The average molecular weight is 328 g/mol. The van der Waals surface area contributed by atoms with Crippen LogP contribution in [0.25, 0.3) is 0 Å². The Balaban J connectivity index is 1.73. The Kier molecular flexibility index (Phi) is 6.31. The Morgan fingerprint density at radius 3 is 2.74 bits per heavy atom. The highest BCUT2D eigenvalue weighted by molar-refractivity contribution is 9.10. The first-order valence-corrected chi connectivity index (χ1v) is 7.75. The SMILES string of the molecule is CCOCCOCc1ccc(CNC2CC2)cc1Br. The molecule has 1 aliphatic rings. The Labute approximate surface area is 123 Å². The normalized spacial score (nSPS) is 14.8. The molecule has 1 fully saturated rings. The van der Waals surface area contributed by atoms with Crippen molar-refractivity contribution in [2.75, 3.05) is 19.8 Å². The molecule has 0 saturated heterocycles. The number of hydrogen-bond acceptors (Lipinski definition) is 3. The zero-order valence-electron chi connectivity index (χ0n) is 11.5. The van der Waals surface area contributed by atoms with Gasteiger partial charge in [-0.3, -0.25) is 0 Å². The molecule has 0 heterocycles. The van der Waals surface area contributed by atoms with E-state index in [1.54, 1.807) is 0 Å². The Morgan fingerprint density at radius 2 is 2.05 bits per heavy atom. The van der Waals surface area contributed by atoms with Gasteiger partial charge in [0, 0.05) is 23.7 Å². The van der Waals surface area contributed by atoms with E-state index in [2.05, 4.69) is 39.4 Å². The van der Waals surface area contributed by atoms with Gasteiger partial charge in [0.1, 0.15) is 0 Å². The van der Waals surface area contributed by atoms with E-state index < -0.39 is 0 Å². The summed E-state index contributed by atoms with van der Waals surface area (Å²) in [4.78, 5) is 0. The van der Waals surface area contributed by atoms with Crippen molar-refractivity contribution in [1.29, 1.82) is 0 Å². The fraction of sp³-hybridized carbons (Fsp3) is 0.600. The van der Waals surface area contributed by atoms with Crippen LogP contribution in [0.5, 0.6) is 0 Å². The summed E-state index contributed by atoms with van der Waals surface area (Å²) < 4.78 is 11.9. The van der Waals surface area contributed by atoms with Gasteiger partial charge in [-0.25, -0.2) is 0 Å². The van der Waals surface area contributed by atoms with E-state index in [0.29, 0.717) is 19.8 Å². The van der Waals surface area contributed by atoms with E-state index >= 15 is 0 Å². The lowest BCUT2D eigenvalue weighted by atomic mass is 10.1. The summed E-state index contributed by atoms with van der Waals surface area (Å²) in [5.41, 5.74) is 2.50. The Morgan fingerprint density at radius 1 is 1.26 bits per heavy atom. The molecule has 1 N–H and O–H groups in total. The highest BCUT2D eigenvalue weighted by Crippen LogP contribution is 2.22. The standard InChI is InChI=1S/C15H22BrNO2/c1-2-18-7-8-19-11-13-4-3-12(9-15(13)16)10-17-14-5-6-14/h3-4,9,14,17H,2,5-8,10-11H2,1H3. The largest absolute Gasteiger partial charge is 0.379 e. The van der Waals surface area contributed by atoms with Crippen LogP contribution in [-0.4, -0.2) is 25.9 Å². The minimum absolute atomic E-state index is 0.629. The van der Waals surface area contributed by atoms with Gasteiger partial charge in [0.05, 0.1) is 19.8 Å². The molecule has 0 aromatic heterocycles. The lowest BCUT2D eigenvalue weighted by Gasteiger charge is -2.09. The zero-order valence-corrected chi connectivity index (χ0v) is 13.0. The molecule has 1 aromatic carbocycles. The van der Waals surface area contributed by atoms with Crippen LogP contribution in [0.15, 0.2) is 22.7 Å². The maximum Gasteiger partial charge on any atom is 0.0728 e. The van der Waals surface area contributed by atoms with Gasteiger partial charge in [-0.15, -0.1) is 0 Å². The summed E-state index contributed by atoms with van der Waals surface area (Å²) >= 11 is 3.61. The van der Waals surface area contributed by atoms with Crippen LogP contribution in [0.4, 0.5) is 0 Å². The van der Waals surface area contributed by atoms with Crippen LogP contribution < -0.4 is 5.32 Å². The molecule has 19 heavy (non-hydrogen) atoms. The third kappa shape index (κ3) is 5.61. The van der Waals surface area contributed by atoms with Crippen molar-refractivity contribution in [3.63, 3.8) is 0 Å². The molecule has 0 bridgehead atoms. The number of rotatable bonds is 9. The molecular weight excluding hydrogens is 306 g/mol. The van der Waals surface area contributed by atoms with E-state index in [0.717, 1.165) is 23.7 Å². The summed E-state index contributed by atoms with van der Waals surface area (Å²) in [7, 11) is 0. The van der Waals surface area contributed by atoms with E-state index in [1.807, 2.05) is 6.92 Å². The molecule has 2 rings (SSSR count). The molecule has 4 heteroatoms. The molecule has 0 atom stereocenters. The molecule has 0 radical (unpaired) electrons. The average Bonchev–Trinajstić information content (AvgIpc) is 3.22. The summed E-state index contributed by atoms with van der Waals surface area (Å²) in [6.45, 7) is 5.63. The van der Waals surface area contributed by atoms with Crippen LogP contribution in [0.1, 0.15) is 30.9 Å². The van der Waals surface area contributed by atoms with Gasteiger partial charge in [0.15, 0.2) is 0 Å². The number of benzene rings is 1. The summed E-state index contributed by atoms with van der Waals surface area (Å²) in [5.74, 6) is 0. The van der Waals surface area contributed by atoms with Crippen molar-refractivity contribution in [3.05, 3.63) is 33.8 Å². The lowest BCUT2D eigenvalue weighted by Crippen LogP contribution is -2.15. The lowest BCUT2D eigenvalue weighted by molar-refractivity contribution is 0.0451. The monoisotopic (exact) mass is 327 g/mol. The molecule has 0 unspecified atom stereocenters. The molecule has 0 aliphatic heterocycles. The number of hydrogen-bond donors (Lipinski definition) is 1. The first kappa shape index (κ1) is 15.0. The van der Waals surface area contributed by atoms with Crippen LogP contribution >= 0.6 is 15.9 Å². The van der Waals surface area contributed by atoms with Crippen molar-refractivity contribution in [1.82, 2.24) is 5.32 Å². The second-order valence-corrected chi connectivity index (χ2v) is 5.68. The second-order valence-electron chi connectivity index (χ2n) is 4.83. The number of ether oxygens (including phenoxy) is 2. The van der Waals surface area contributed by atoms with Gasteiger partial charge in [0.2, 0.25) is 0 Å². The fourth-order valence-electron chi connectivity index (χ4n) is 1.81. The predicted molar refractivity (Wildman–Crippen MR) is 80.2 cm³/mol. The highest BCUT2D eigenvalue weighted by atomic mass is 79.9. The highest BCUT2D eigenvalue weighted by Gasteiger charge is 2.19. The fourth-order valence-corrected chi connectivity index (χ4v) is 2.35. The van der Waals surface area contributed by atoms with Crippen molar-refractivity contribution < 1.29 is 9.47 Å². The van der Waals surface area contributed by atoms with Crippen molar-refractivity contribution in [2.24, 2.45) is 0 Å². The van der Waals surface area contributed by atoms with Crippen LogP contribution in [-0.2, 0) is 22.6 Å². The van der Waals surface area contributed by atoms with Crippen LogP contribution in [0.2, 0.25) is 0 Å². The maximum atomic E-state index is 5.58. The third-order valence-corrected chi connectivity index (χ3v) is 3.86. The minimum Gasteiger partial charge on any atom is -0.379 e. The van der Waals surface area contributed by atoms with E-state index in [1.165, 1.54) is 24.0 Å². The molecule has 3 nitrogen and oxygen atoms in total. The zero-order chi connectivity index (χ0) is 13.5. The van der Waals surface area contributed by atoms with Crippen LogP contribution in [0, 0.1) is 0 Å². The summed E-state index contributed by atoms with van der Waals surface area (Å²) in [6.07, 6.45) is 2.65. The first-order chi connectivity index (χ1) is 9.29. The number of halogens is 1. The van der Waals surface area contributed by atoms with E-state index in [9.17, 15) is 0 Å². The van der Waals surface area contributed by atoms with Crippen molar-refractivity contribution in [2.45, 2.75) is 39.0 Å². The molecule has 1 saturated carbocycles. The molecule has 106 valence electrons. The van der Waals surface area contributed by atoms with Gasteiger partial charge in [0.25, 0.3) is 0 Å². The summed E-state index contributed by atoms with van der Waals surface area (Å²) in [5, 5.41) is 3.52. The second kappa shape index (κ2) is 8.00. The van der Waals surface area contributed by atoms with Crippen molar-refractivity contribution >= 4 is 15.9 Å². The third-order valence-electron chi connectivity index (χ3n) is 3.12. The van der Waals surface area contributed by atoms with Gasteiger partial charge < -0.3 is 14.8 Å². The van der Waals surface area contributed by atoms with Gasteiger partial charge in [-0.1, -0.05) is 28.1 Å². The topological polar surface area (TPSA) is 30.5 Å². The van der Waals surface area contributed by atoms with E-state index in [4.69, 9.17) is 9.47 Å².